The maximum Gasteiger partial charge on any atom is 0.148 e. The number of carbonyl (C=O) groups is 2. The molecule has 0 radical (unpaired) electrons. The van der Waals surface area contributed by atoms with Crippen molar-refractivity contribution in [2.24, 2.45) is 10.9 Å². The smallest absolute Gasteiger partial charge is 0.148 e. The second-order valence-corrected chi connectivity index (χ2v) is 2.67. The first-order chi connectivity index (χ1) is 5.25. The second-order valence-electron chi connectivity index (χ2n) is 2.67. The van der Waals surface area contributed by atoms with E-state index in [1.54, 1.807) is 7.05 Å². The van der Waals surface area contributed by atoms with Crippen molar-refractivity contribution in [3.8, 4) is 0 Å². The van der Waals surface area contributed by atoms with Gasteiger partial charge in [0.25, 0.3) is 0 Å². The van der Waals surface area contributed by atoms with Crippen LogP contribution in [0.4, 0.5) is 0 Å². The van der Waals surface area contributed by atoms with Crippen molar-refractivity contribution in [2.75, 3.05) is 7.05 Å². The number of ketones is 2. The lowest BCUT2D eigenvalue weighted by molar-refractivity contribution is -0.132. The zero-order valence-corrected chi connectivity index (χ0v) is 6.54. The molecule has 0 N–H and O–H groups in total. The molecule has 60 valence electrons. The van der Waals surface area contributed by atoms with Crippen molar-refractivity contribution >= 4 is 17.8 Å². The van der Waals surface area contributed by atoms with Crippen LogP contribution in [0, 0.1) is 5.92 Å². The molecule has 1 aliphatic carbocycles. The normalized spacial score (nSPS) is 21.5. The second kappa shape index (κ2) is 3.42. The van der Waals surface area contributed by atoms with Crippen LogP contribution < -0.4 is 0 Å². The topological polar surface area (TPSA) is 46.5 Å². The summed E-state index contributed by atoms with van der Waals surface area (Å²) in [5.41, 5.74) is 0. The molecule has 1 rings (SSSR count). The first-order valence-corrected chi connectivity index (χ1v) is 3.73. The Morgan fingerprint density at radius 2 is 1.91 bits per heavy atom. The van der Waals surface area contributed by atoms with Gasteiger partial charge in [-0.3, -0.25) is 14.6 Å². The van der Waals surface area contributed by atoms with Gasteiger partial charge in [-0.1, -0.05) is 0 Å². The molecule has 1 fully saturated rings. The fourth-order valence-electron chi connectivity index (χ4n) is 1.24. The predicted octanol–water partition coefficient (Wildman–Crippen LogP) is 0.625. The van der Waals surface area contributed by atoms with Crippen molar-refractivity contribution in [2.45, 2.75) is 19.3 Å². The van der Waals surface area contributed by atoms with Gasteiger partial charge in [0, 0.05) is 26.1 Å². The number of hydrogen-bond donors (Lipinski definition) is 0. The minimum Gasteiger partial charge on any atom is -0.300 e. The quantitative estimate of drug-likeness (QED) is 0.409. The fourth-order valence-corrected chi connectivity index (χ4v) is 1.24. The number of Topliss-reactive ketones (excluding diaryl/α,β-unsaturated/α-hetero) is 2. The highest BCUT2D eigenvalue weighted by atomic mass is 16.2. The van der Waals surface area contributed by atoms with Crippen LogP contribution in [-0.2, 0) is 9.59 Å². The molecule has 0 unspecified atom stereocenters. The monoisotopic (exact) mass is 153 g/mol. The predicted molar refractivity (Wildman–Crippen MR) is 41.8 cm³/mol. The molecule has 1 saturated carbocycles. The Morgan fingerprint density at radius 1 is 1.36 bits per heavy atom. The van der Waals surface area contributed by atoms with Gasteiger partial charge in [-0.2, -0.15) is 0 Å². The summed E-state index contributed by atoms with van der Waals surface area (Å²) in [6.07, 6.45) is 3.22. The molecule has 0 atom stereocenters. The van der Waals surface area contributed by atoms with E-state index in [0.717, 1.165) is 0 Å². The molecule has 0 bridgehead atoms. The van der Waals surface area contributed by atoms with Crippen molar-refractivity contribution in [1.29, 1.82) is 0 Å². The summed E-state index contributed by atoms with van der Waals surface area (Å²) in [4.78, 5) is 25.9. The Labute approximate surface area is 65.5 Å². The summed E-state index contributed by atoms with van der Waals surface area (Å²) in [6.45, 7) is 0. The van der Waals surface area contributed by atoms with Crippen LogP contribution in [0.15, 0.2) is 4.99 Å². The summed E-state index contributed by atoms with van der Waals surface area (Å²) < 4.78 is 0. The molecule has 0 aromatic heterocycles. The Balaban J connectivity index is 2.70. The van der Waals surface area contributed by atoms with E-state index < -0.39 is 5.92 Å². The van der Waals surface area contributed by atoms with Gasteiger partial charge in [0.2, 0.25) is 0 Å². The van der Waals surface area contributed by atoms with Crippen molar-refractivity contribution in [3.05, 3.63) is 0 Å². The number of carbonyl (C=O) groups excluding carboxylic acids is 2. The summed E-state index contributed by atoms with van der Waals surface area (Å²) in [7, 11) is 1.58. The van der Waals surface area contributed by atoms with Gasteiger partial charge in [-0.05, 0) is 6.42 Å². The average Bonchev–Trinajstić information content (AvgIpc) is 1.97. The first kappa shape index (κ1) is 8.11. The lowest BCUT2D eigenvalue weighted by Gasteiger charge is -2.14. The van der Waals surface area contributed by atoms with E-state index in [4.69, 9.17) is 0 Å². The lowest BCUT2D eigenvalue weighted by atomic mass is 9.88. The number of hydrogen-bond acceptors (Lipinski definition) is 3. The van der Waals surface area contributed by atoms with Gasteiger partial charge >= 0.3 is 0 Å². The Kier molecular flexibility index (Phi) is 2.52. The van der Waals surface area contributed by atoms with E-state index in [0.29, 0.717) is 19.3 Å². The summed E-state index contributed by atoms with van der Waals surface area (Å²) in [5, 5.41) is 0. The molecule has 0 spiro atoms. The highest BCUT2D eigenvalue weighted by molar-refractivity contribution is 6.15. The van der Waals surface area contributed by atoms with E-state index in [2.05, 4.69) is 4.99 Å². The summed E-state index contributed by atoms with van der Waals surface area (Å²) in [6, 6.07) is 0. The molecule has 3 nitrogen and oxygen atoms in total. The van der Waals surface area contributed by atoms with Crippen LogP contribution in [0.2, 0.25) is 0 Å². The van der Waals surface area contributed by atoms with E-state index >= 15 is 0 Å². The van der Waals surface area contributed by atoms with Gasteiger partial charge < -0.3 is 0 Å². The fraction of sp³-hybridized carbons (Fsp3) is 0.625. The molecular weight excluding hydrogens is 142 g/mol. The largest absolute Gasteiger partial charge is 0.300 e. The Hall–Kier alpha value is -0.990. The molecular formula is C8H11NO2. The number of nitrogens with zero attached hydrogens (tertiary/aromatic N) is 1. The number of rotatable bonds is 1. The number of aliphatic imine (C=N–C) groups is 1. The third kappa shape index (κ3) is 1.73. The molecule has 3 heteroatoms. The molecule has 11 heavy (non-hydrogen) atoms. The Morgan fingerprint density at radius 3 is 2.36 bits per heavy atom. The van der Waals surface area contributed by atoms with E-state index in [-0.39, 0.29) is 11.6 Å². The Bertz CT molecular complexity index is 192. The lowest BCUT2D eigenvalue weighted by Crippen LogP contribution is -2.29. The van der Waals surface area contributed by atoms with Crippen LogP contribution in [0.25, 0.3) is 0 Å². The van der Waals surface area contributed by atoms with Crippen LogP contribution in [-0.4, -0.2) is 24.8 Å². The summed E-state index contributed by atoms with van der Waals surface area (Å²) in [5.74, 6) is -0.493. The van der Waals surface area contributed by atoms with Crippen molar-refractivity contribution < 1.29 is 9.59 Å². The molecule has 0 aromatic carbocycles. The van der Waals surface area contributed by atoms with Gasteiger partial charge in [0.05, 0.1) is 0 Å². The van der Waals surface area contributed by atoms with Crippen molar-refractivity contribution in [1.82, 2.24) is 0 Å². The first-order valence-electron chi connectivity index (χ1n) is 3.73. The van der Waals surface area contributed by atoms with Gasteiger partial charge in [-0.25, -0.2) is 0 Å². The van der Waals surface area contributed by atoms with Gasteiger partial charge in [-0.15, -0.1) is 0 Å². The SMILES string of the molecule is CN=CC1C(=O)CCCC1=O. The zero-order valence-electron chi connectivity index (χ0n) is 6.54. The minimum atomic E-state index is -0.534. The van der Waals surface area contributed by atoms with E-state index in [9.17, 15) is 9.59 Å². The standard InChI is InChI=1S/C8H11NO2/c1-9-5-6-7(10)3-2-4-8(6)11/h5-6H,2-4H2,1H3. The van der Waals surface area contributed by atoms with Crippen LogP contribution in [0.5, 0.6) is 0 Å². The van der Waals surface area contributed by atoms with Crippen LogP contribution in [0.1, 0.15) is 19.3 Å². The van der Waals surface area contributed by atoms with Crippen molar-refractivity contribution in [3.63, 3.8) is 0 Å². The third-order valence-corrected chi connectivity index (χ3v) is 1.84. The molecule has 0 heterocycles. The summed E-state index contributed by atoms with van der Waals surface area (Å²) >= 11 is 0. The highest BCUT2D eigenvalue weighted by Crippen LogP contribution is 2.15. The maximum absolute atomic E-state index is 11.1. The van der Waals surface area contributed by atoms with Gasteiger partial charge in [0.1, 0.15) is 17.5 Å². The average molecular weight is 153 g/mol. The van der Waals surface area contributed by atoms with Gasteiger partial charge in [0.15, 0.2) is 0 Å². The molecule has 0 amide bonds. The molecule has 0 saturated heterocycles. The molecule has 1 aliphatic rings. The minimum absolute atomic E-state index is 0.0202. The van der Waals surface area contributed by atoms with Crippen LogP contribution >= 0.6 is 0 Å². The third-order valence-electron chi connectivity index (χ3n) is 1.84. The zero-order chi connectivity index (χ0) is 8.27. The van der Waals surface area contributed by atoms with E-state index in [1.807, 2.05) is 0 Å². The maximum atomic E-state index is 11.1. The highest BCUT2D eigenvalue weighted by Gasteiger charge is 2.27. The molecule has 0 aliphatic heterocycles. The van der Waals surface area contributed by atoms with Crippen LogP contribution in [0.3, 0.4) is 0 Å². The van der Waals surface area contributed by atoms with E-state index in [1.165, 1.54) is 6.21 Å². The molecule has 0 aromatic rings.